The largest absolute Gasteiger partial charge is 0.481 e. The third-order valence-electron chi connectivity index (χ3n) is 2.50. The van der Waals surface area contributed by atoms with E-state index in [4.69, 9.17) is 5.11 Å². The number of carboxylic acid groups (broad SMARTS) is 1. The predicted molar refractivity (Wildman–Crippen MR) is 60.2 cm³/mol. The Morgan fingerprint density at radius 1 is 1.38 bits per heavy atom. The van der Waals surface area contributed by atoms with E-state index in [2.05, 4.69) is 4.74 Å². The fourth-order valence-electron chi connectivity index (χ4n) is 1.33. The van der Waals surface area contributed by atoms with Crippen molar-refractivity contribution in [3.05, 3.63) is 0 Å². The zero-order chi connectivity index (χ0) is 12.8. The Labute approximate surface area is 96.4 Å². The Kier molecular flexibility index (Phi) is 6.03. The predicted octanol–water partition coefficient (Wildman–Crippen LogP) is 0.982. The molecule has 0 unspecified atom stereocenters. The molecular formula is C11H21NO4. The van der Waals surface area contributed by atoms with E-state index in [1.807, 2.05) is 11.8 Å². The second-order valence-electron chi connectivity index (χ2n) is 4.38. The SMILES string of the molecule is CCN(CCC(=O)OC)CC(C)(C)C(=O)O. The van der Waals surface area contributed by atoms with E-state index in [0.717, 1.165) is 0 Å². The molecule has 1 N–H and O–H groups in total. The summed E-state index contributed by atoms with van der Waals surface area (Å²) < 4.78 is 4.54. The van der Waals surface area contributed by atoms with Crippen LogP contribution >= 0.6 is 0 Å². The van der Waals surface area contributed by atoms with Crippen LogP contribution in [0, 0.1) is 5.41 Å². The average molecular weight is 231 g/mol. The van der Waals surface area contributed by atoms with Crippen LogP contribution in [0.25, 0.3) is 0 Å². The molecule has 94 valence electrons. The van der Waals surface area contributed by atoms with Crippen LogP contribution in [0.3, 0.4) is 0 Å². The van der Waals surface area contributed by atoms with Crippen LogP contribution in [0.5, 0.6) is 0 Å². The van der Waals surface area contributed by atoms with Gasteiger partial charge in [0.15, 0.2) is 0 Å². The number of rotatable bonds is 7. The molecular weight excluding hydrogens is 210 g/mol. The van der Waals surface area contributed by atoms with Gasteiger partial charge in [-0.3, -0.25) is 9.59 Å². The summed E-state index contributed by atoms with van der Waals surface area (Å²) in [6, 6.07) is 0. The van der Waals surface area contributed by atoms with Gasteiger partial charge in [-0.1, -0.05) is 6.92 Å². The molecule has 0 aliphatic heterocycles. The second-order valence-corrected chi connectivity index (χ2v) is 4.38. The highest BCUT2D eigenvalue weighted by atomic mass is 16.5. The van der Waals surface area contributed by atoms with Gasteiger partial charge in [-0.2, -0.15) is 0 Å². The van der Waals surface area contributed by atoms with Crippen molar-refractivity contribution in [2.45, 2.75) is 27.2 Å². The van der Waals surface area contributed by atoms with Crippen molar-refractivity contribution in [1.82, 2.24) is 4.90 Å². The standard InChI is InChI=1S/C11H21NO4/c1-5-12(7-6-9(13)16-4)8-11(2,3)10(14)15/h5-8H2,1-4H3,(H,14,15). The first-order valence-electron chi connectivity index (χ1n) is 5.36. The molecule has 0 aromatic heterocycles. The van der Waals surface area contributed by atoms with Gasteiger partial charge >= 0.3 is 11.9 Å². The lowest BCUT2D eigenvalue weighted by atomic mass is 9.93. The van der Waals surface area contributed by atoms with E-state index in [1.165, 1.54) is 7.11 Å². The molecule has 0 aromatic rings. The van der Waals surface area contributed by atoms with Gasteiger partial charge in [0.05, 0.1) is 18.9 Å². The summed E-state index contributed by atoms with van der Waals surface area (Å²) in [6.45, 7) is 6.96. The third-order valence-corrected chi connectivity index (χ3v) is 2.50. The second kappa shape index (κ2) is 6.48. The third kappa shape index (κ3) is 5.11. The monoisotopic (exact) mass is 231 g/mol. The van der Waals surface area contributed by atoms with Gasteiger partial charge < -0.3 is 14.7 Å². The maximum atomic E-state index is 11.0. The van der Waals surface area contributed by atoms with Crippen LogP contribution in [0.2, 0.25) is 0 Å². The maximum Gasteiger partial charge on any atom is 0.310 e. The van der Waals surface area contributed by atoms with Crippen molar-refractivity contribution in [3.8, 4) is 0 Å². The Hall–Kier alpha value is -1.10. The zero-order valence-electron chi connectivity index (χ0n) is 10.4. The first-order chi connectivity index (χ1) is 7.33. The number of nitrogens with zero attached hydrogens (tertiary/aromatic N) is 1. The highest BCUT2D eigenvalue weighted by Crippen LogP contribution is 2.17. The van der Waals surface area contributed by atoms with Crippen LogP contribution in [0.15, 0.2) is 0 Å². The van der Waals surface area contributed by atoms with Crippen molar-refractivity contribution in [2.75, 3.05) is 26.7 Å². The van der Waals surface area contributed by atoms with Gasteiger partial charge in [0, 0.05) is 13.1 Å². The molecule has 0 aliphatic rings. The van der Waals surface area contributed by atoms with Crippen molar-refractivity contribution < 1.29 is 19.4 Å². The molecule has 5 nitrogen and oxygen atoms in total. The molecule has 0 fully saturated rings. The normalized spacial score (nSPS) is 11.6. The van der Waals surface area contributed by atoms with E-state index in [1.54, 1.807) is 13.8 Å². The molecule has 0 saturated heterocycles. The molecule has 0 saturated carbocycles. The Morgan fingerprint density at radius 2 is 1.94 bits per heavy atom. The highest BCUT2D eigenvalue weighted by Gasteiger charge is 2.29. The number of carboxylic acids is 1. The van der Waals surface area contributed by atoms with Crippen LogP contribution in [-0.2, 0) is 14.3 Å². The number of carbonyl (C=O) groups is 2. The number of carbonyl (C=O) groups excluding carboxylic acids is 1. The maximum absolute atomic E-state index is 11.0. The van der Waals surface area contributed by atoms with Gasteiger partial charge in [0.1, 0.15) is 0 Å². The Bertz CT molecular complexity index is 250. The van der Waals surface area contributed by atoms with E-state index < -0.39 is 11.4 Å². The molecule has 0 heterocycles. The lowest BCUT2D eigenvalue weighted by Crippen LogP contribution is -2.40. The number of hydrogen-bond donors (Lipinski definition) is 1. The van der Waals surface area contributed by atoms with Gasteiger partial charge in [-0.05, 0) is 20.4 Å². The fourth-order valence-corrected chi connectivity index (χ4v) is 1.33. The molecule has 0 bridgehead atoms. The van der Waals surface area contributed by atoms with Gasteiger partial charge in [-0.25, -0.2) is 0 Å². The minimum Gasteiger partial charge on any atom is -0.481 e. The van der Waals surface area contributed by atoms with Crippen LogP contribution < -0.4 is 0 Å². The molecule has 0 amide bonds. The van der Waals surface area contributed by atoms with E-state index in [-0.39, 0.29) is 5.97 Å². The van der Waals surface area contributed by atoms with E-state index >= 15 is 0 Å². The van der Waals surface area contributed by atoms with Gasteiger partial charge in [0.25, 0.3) is 0 Å². The molecule has 0 radical (unpaired) electrons. The van der Waals surface area contributed by atoms with Crippen molar-refractivity contribution >= 4 is 11.9 Å². The number of hydrogen-bond acceptors (Lipinski definition) is 4. The van der Waals surface area contributed by atoms with Gasteiger partial charge in [0.2, 0.25) is 0 Å². The number of ether oxygens (including phenoxy) is 1. The summed E-state index contributed by atoms with van der Waals surface area (Å²) in [5, 5.41) is 8.99. The summed E-state index contributed by atoms with van der Waals surface area (Å²) in [4.78, 5) is 23.9. The minimum atomic E-state index is -0.830. The van der Waals surface area contributed by atoms with Crippen molar-refractivity contribution in [2.24, 2.45) is 5.41 Å². The molecule has 5 heteroatoms. The summed E-state index contributed by atoms with van der Waals surface area (Å²) in [5.74, 6) is -1.10. The summed E-state index contributed by atoms with van der Waals surface area (Å²) >= 11 is 0. The number of methoxy groups -OCH3 is 1. The first kappa shape index (κ1) is 14.9. The van der Waals surface area contributed by atoms with Crippen LogP contribution in [0.1, 0.15) is 27.2 Å². The Morgan fingerprint density at radius 3 is 2.31 bits per heavy atom. The quantitative estimate of drug-likeness (QED) is 0.662. The van der Waals surface area contributed by atoms with E-state index in [9.17, 15) is 9.59 Å². The average Bonchev–Trinajstić information content (AvgIpc) is 2.23. The van der Waals surface area contributed by atoms with E-state index in [0.29, 0.717) is 26.1 Å². The smallest absolute Gasteiger partial charge is 0.310 e. The first-order valence-corrected chi connectivity index (χ1v) is 5.36. The van der Waals surface area contributed by atoms with Crippen LogP contribution in [0.4, 0.5) is 0 Å². The summed E-state index contributed by atoms with van der Waals surface area (Å²) in [5.41, 5.74) is -0.799. The molecule has 0 rings (SSSR count). The topological polar surface area (TPSA) is 66.8 Å². The Balaban J connectivity index is 4.20. The summed E-state index contributed by atoms with van der Waals surface area (Å²) in [7, 11) is 1.35. The number of esters is 1. The van der Waals surface area contributed by atoms with Crippen molar-refractivity contribution in [3.63, 3.8) is 0 Å². The summed E-state index contributed by atoms with van der Waals surface area (Å²) in [6.07, 6.45) is 0.292. The highest BCUT2D eigenvalue weighted by molar-refractivity contribution is 5.74. The molecule has 16 heavy (non-hydrogen) atoms. The molecule has 0 spiro atoms. The lowest BCUT2D eigenvalue weighted by Gasteiger charge is -2.28. The van der Waals surface area contributed by atoms with Crippen LogP contribution in [-0.4, -0.2) is 48.7 Å². The molecule has 0 aliphatic carbocycles. The zero-order valence-corrected chi connectivity index (χ0v) is 10.4. The molecule has 0 atom stereocenters. The van der Waals surface area contributed by atoms with Crippen molar-refractivity contribution in [1.29, 1.82) is 0 Å². The minimum absolute atomic E-state index is 0.272. The lowest BCUT2D eigenvalue weighted by molar-refractivity contribution is -0.148. The number of aliphatic carboxylic acids is 1. The van der Waals surface area contributed by atoms with Gasteiger partial charge in [-0.15, -0.1) is 0 Å². The fraction of sp³-hybridized carbons (Fsp3) is 0.818. The molecule has 0 aromatic carbocycles.